The highest BCUT2D eigenvalue weighted by molar-refractivity contribution is 7.89. The van der Waals surface area contributed by atoms with Crippen LogP contribution >= 0.6 is 12.4 Å². The predicted octanol–water partition coefficient (Wildman–Crippen LogP) is 3.74. The van der Waals surface area contributed by atoms with Crippen molar-refractivity contribution in [2.45, 2.75) is 63.8 Å². The summed E-state index contributed by atoms with van der Waals surface area (Å²) >= 11 is 0. The van der Waals surface area contributed by atoms with E-state index >= 15 is 0 Å². The van der Waals surface area contributed by atoms with Crippen LogP contribution in [0, 0.1) is 18.7 Å². The van der Waals surface area contributed by atoms with Crippen molar-refractivity contribution in [1.29, 1.82) is 0 Å². The summed E-state index contributed by atoms with van der Waals surface area (Å²) < 4.78 is 40.5. The highest BCUT2D eigenvalue weighted by atomic mass is 35.5. The Morgan fingerprint density at radius 2 is 1.73 bits per heavy atom. The third kappa shape index (κ3) is 6.47. The van der Waals surface area contributed by atoms with Crippen LogP contribution in [-0.2, 0) is 10.0 Å². The van der Waals surface area contributed by atoms with E-state index in [9.17, 15) is 17.6 Å². The van der Waals surface area contributed by atoms with E-state index in [0.717, 1.165) is 38.5 Å². The van der Waals surface area contributed by atoms with Crippen LogP contribution in [0.4, 0.5) is 4.39 Å². The van der Waals surface area contributed by atoms with Crippen molar-refractivity contribution in [3.8, 4) is 0 Å². The van der Waals surface area contributed by atoms with Gasteiger partial charge in [-0.3, -0.25) is 9.69 Å². The lowest BCUT2D eigenvalue weighted by molar-refractivity contribution is 0.0391. The molecule has 3 fully saturated rings. The van der Waals surface area contributed by atoms with Crippen LogP contribution in [0.5, 0.6) is 0 Å². The minimum Gasteiger partial charge on any atom is -0.350 e. The maximum Gasteiger partial charge on any atom is 0.251 e. The number of nitrogens with one attached hydrogen (secondary N) is 1. The fraction of sp³-hybridized carbons (Fsp3) is 0.708. The molecule has 1 heterocycles. The van der Waals surface area contributed by atoms with Crippen molar-refractivity contribution in [1.82, 2.24) is 14.5 Å². The topological polar surface area (TPSA) is 69.7 Å². The molecule has 186 valence electrons. The van der Waals surface area contributed by atoms with Gasteiger partial charge in [-0.05, 0) is 62.3 Å². The molecule has 2 saturated carbocycles. The van der Waals surface area contributed by atoms with E-state index in [4.69, 9.17) is 0 Å². The zero-order valence-corrected chi connectivity index (χ0v) is 21.2. The summed E-state index contributed by atoms with van der Waals surface area (Å²) in [5, 5.41) is 3.14. The number of nitrogens with zero attached hydrogens (tertiary/aromatic N) is 2. The largest absolute Gasteiger partial charge is 0.350 e. The monoisotopic (exact) mass is 501 g/mol. The number of carbonyl (C=O) groups excluding carboxylic acids is 1. The van der Waals surface area contributed by atoms with E-state index in [1.54, 1.807) is 17.3 Å². The third-order valence-corrected chi connectivity index (χ3v) is 9.54. The Labute approximate surface area is 203 Å². The van der Waals surface area contributed by atoms with E-state index < -0.39 is 10.0 Å². The fourth-order valence-electron chi connectivity index (χ4n) is 5.34. The van der Waals surface area contributed by atoms with Crippen LogP contribution in [0.15, 0.2) is 18.2 Å². The SMILES string of the molecule is Cc1cc(F)ccc1C(=O)NCC1(N2CCN(S(=O)(=O)CC3CC3)CC2)CCCCCC1.Cl. The summed E-state index contributed by atoms with van der Waals surface area (Å²) in [5.41, 5.74) is 0.991. The molecule has 0 spiro atoms. The lowest BCUT2D eigenvalue weighted by atomic mass is 9.87. The lowest BCUT2D eigenvalue weighted by Crippen LogP contribution is -2.61. The molecule has 1 amide bonds. The first-order chi connectivity index (χ1) is 15.3. The molecular weight excluding hydrogens is 465 g/mol. The van der Waals surface area contributed by atoms with Crippen molar-refractivity contribution in [3.05, 3.63) is 35.1 Å². The molecule has 4 rings (SSSR count). The molecule has 3 aliphatic rings. The molecule has 0 radical (unpaired) electrons. The molecule has 6 nitrogen and oxygen atoms in total. The molecule has 0 bridgehead atoms. The molecule has 0 unspecified atom stereocenters. The first-order valence-corrected chi connectivity index (χ1v) is 13.7. The maximum absolute atomic E-state index is 13.4. The highest BCUT2D eigenvalue weighted by Gasteiger charge is 2.41. The van der Waals surface area contributed by atoms with Crippen LogP contribution in [0.1, 0.15) is 67.3 Å². The summed E-state index contributed by atoms with van der Waals surface area (Å²) in [6.45, 7) is 4.76. The van der Waals surface area contributed by atoms with Gasteiger partial charge >= 0.3 is 0 Å². The molecule has 1 aromatic carbocycles. The van der Waals surface area contributed by atoms with Crippen molar-refractivity contribution in [2.24, 2.45) is 5.92 Å². The van der Waals surface area contributed by atoms with Crippen molar-refractivity contribution >= 4 is 28.3 Å². The van der Waals surface area contributed by atoms with Gasteiger partial charge < -0.3 is 5.32 Å². The number of benzene rings is 1. The van der Waals surface area contributed by atoms with Gasteiger partial charge in [0.05, 0.1) is 5.75 Å². The quantitative estimate of drug-likeness (QED) is 0.578. The van der Waals surface area contributed by atoms with Crippen LogP contribution in [-0.4, -0.2) is 67.5 Å². The number of carbonyl (C=O) groups is 1. The average molecular weight is 502 g/mol. The molecule has 0 atom stereocenters. The summed E-state index contributed by atoms with van der Waals surface area (Å²) in [7, 11) is -3.16. The number of hydrogen-bond donors (Lipinski definition) is 1. The standard InChI is InChI=1S/C24H36FN3O3S.ClH/c1-19-16-21(25)8-9-22(19)23(29)26-18-24(10-4-2-3-5-11-24)27-12-14-28(15-13-27)32(30,31)17-20-6-7-20;/h8-9,16,20H,2-7,10-15,17-18H2,1H3,(H,26,29);1H. The Hall–Kier alpha value is -1.22. The first kappa shape index (κ1) is 26.4. The normalized spacial score (nSPS) is 22.2. The zero-order chi connectivity index (χ0) is 22.8. The van der Waals surface area contributed by atoms with Gasteiger partial charge in [0.15, 0.2) is 0 Å². The number of aryl methyl sites for hydroxylation is 1. The number of halogens is 2. The van der Waals surface area contributed by atoms with Crippen LogP contribution in [0.2, 0.25) is 0 Å². The highest BCUT2D eigenvalue weighted by Crippen LogP contribution is 2.35. The average Bonchev–Trinajstić information content (AvgIpc) is 3.59. The molecule has 33 heavy (non-hydrogen) atoms. The van der Waals surface area contributed by atoms with Gasteiger partial charge in [-0.1, -0.05) is 25.7 Å². The molecule has 2 aliphatic carbocycles. The fourth-order valence-corrected chi connectivity index (χ4v) is 7.20. The second-order valence-corrected chi connectivity index (χ2v) is 11.9. The van der Waals surface area contributed by atoms with Crippen molar-refractivity contribution in [3.63, 3.8) is 0 Å². The molecule has 1 saturated heterocycles. The van der Waals surface area contributed by atoms with Gasteiger partial charge in [0.25, 0.3) is 5.91 Å². The van der Waals surface area contributed by atoms with E-state index in [0.29, 0.717) is 55.5 Å². The van der Waals surface area contributed by atoms with Gasteiger partial charge in [-0.2, -0.15) is 4.31 Å². The number of piperazine rings is 1. The van der Waals surface area contributed by atoms with Crippen LogP contribution in [0.25, 0.3) is 0 Å². The smallest absolute Gasteiger partial charge is 0.251 e. The Kier molecular flexibility index (Phi) is 8.81. The molecule has 0 aromatic heterocycles. The number of sulfonamides is 1. The van der Waals surface area contributed by atoms with Crippen molar-refractivity contribution < 1.29 is 17.6 Å². The van der Waals surface area contributed by atoms with Gasteiger partial charge in [-0.25, -0.2) is 12.8 Å². The lowest BCUT2D eigenvalue weighted by Gasteiger charge is -2.47. The second kappa shape index (κ2) is 11.0. The maximum atomic E-state index is 13.4. The van der Waals surface area contributed by atoms with E-state index in [2.05, 4.69) is 10.2 Å². The molecular formula is C24H37ClFN3O3S. The zero-order valence-electron chi connectivity index (χ0n) is 19.5. The summed E-state index contributed by atoms with van der Waals surface area (Å²) in [6, 6.07) is 4.26. The molecule has 1 aliphatic heterocycles. The number of amides is 1. The Morgan fingerprint density at radius 1 is 1.09 bits per heavy atom. The Balaban J connectivity index is 0.00000306. The van der Waals surface area contributed by atoms with E-state index in [1.165, 1.54) is 25.0 Å². The minimum atomic E-state index is -3.16. The van der Waals surface area contributed by atoms with Gasteiger partial charge in [0, 0.05) is 43.8 Å². The number of hydrogen-bond acceptors (Lipinski definition) is 4. The second-order valence-electron chi connectivity index (χ2n) is 9.89. The first-order valence-electron chi connectivity index (χ1n) is 12.1. The number of rotatable bonds is 7. The van der Waals surface area contributed by atoms with E-state index in [1.807, 2.05) is 0 Å². The van der Waals surface area contributed by atoms with Crippen molar-refractivity contribution in [2.75, 3.05) is 38.5 Å². The van der Waals surface area contributed by atoms with Gasteiger partial charge in [0.2, 0.25) is 10.0 Å². The van der Waals surface area contributed by atoms with Crippen LogP contribution < -0.4 is 5.32 Å². The Morgan fingerprint density at radius 3 is 2.30 bits per heavy atom. The Bertz CT molecular complexity index is 923. The predicted molar refractivity (Wildman–Crippen MR) is 131 cm³/mol. The third-order valence-electron chi connectivity index (χ3n) is 7.49. The molecule has 9 heteroatoms. The molecule has 1 N–H and O–H groups in total. The van der Waals surface area contributed by atoms with Crippen LogP contribution in [0.3, 0.4) is 0 Å². The summed E-state index contributed by atoms with van der Waals surface area (Å²) in [5.74, 6) is 0.146. The molecule has 1 aromatic rings. The van der Waals surface area contributed by atoms with Gasteiger partial charge in [-0.15, -0.1) is 12.4 Å². The summed E-state index contributed by atoms with van der Waals surface area (Å²) in [6.07, 6.45) is 8.71. The summed E-state index contributed by atoms with van der Waals surface area (Å²) in [4.78, 5) is 15.3. The van der Waals surface area contributed by atoms with Gasteiger partial charge in [0.1, 0.15) is 5.82 Å². The van der Waals surface area contributed by atoms with E-state index in [-0.39, 0.29) is 29.7 Å². The minimum absolute atomic E-state index is 0.